The number of carboxylic acid groups (broad SMARTS) is 1. The van der Waals surface area contributed by atoms with E-state index in [2.05, 4.69) is 31.2 Å². The number of carboxylic acids is 1. The number of unbranched alkanes of at least 4 members (excludes halogenated alkanes) is 10. The first-order valence-electron chi connectivity index (χ1n) is 14.4. The molecule has 3 aromatic rings. The summed E-state index contributed by atoms with van der Waals surface area (Å²) in [4.78, 5) is 24.2. The average molecular weight is 505 g/mol. The topological polar surface area (TPSA) is 63.6 Å². The number of aliphatic carboxylic acids is 1. The summed E-state index contributed by atoms with van der Waals surface area (Å²) in [7, 11) is 0. The number of benzene rings is 3. The first-order valence-corrected chi connectivity index (χ1v) is 14.4. The summed E-state index contributed by atoms with van der Waals surface area (Å²) in [6, 6.07) is 18.2. The largest absolute Gasteiger partial charge is 0.481 e. The molecule has 4 heteroatoms. The van der Waals surface area contributed by atoms with Crippen LogP contribution in [-0.4, -0.2) is 23.1 Å². The first-order chi connectivity index (χ1) is 18.1. The normalized spacial score (nSPS) is 12.1. The third-order valence-electron chi connectivity index (χ3n) is 7.29. The molecule has 0 saturated carbocycles. The van der Waals surface area contributed by atoms with Gasteiger partial charge in [0.15, 0.2) is 0 Å². The van der Waals surface area contributed by atoms with E-state index >= 15 is 0 Å². The number of fused-ring (bicyclic) bond motifs is 2. The Bertz CT molecular complexity index is 1120. The van der Waals surface area contributed by atoms with Crippen LogP contribution >= 0.6 is 0 Å². The van der Waals surface area contributed by atoms with Gasteiger partial charge in [-0.3, -0.25) is 4.79 Å². The molecule has 4 nitrogen and oxygen atoms in total. The molecule has 1 N–H and O–H groups in total. The Labute approximate surface area is 222 Å². The summed E-state index contributed by atoms with van der Waals surface area (Å²) >= 11 is 0. The summed E-state index contributed by atoms with van der Waals surface area (Å²) in [6.07, 6.45) is 15.5. The minimum Gasteiger partial charge on any atom is -0.481 e. The second-order valence-corrected chi connectivity index (χ2v) is 10.4. The van der Waals surface area contributed by atoms with Gasteiger partial charge in [0.2, 0.25) is 0 Å². The van der Waals surface area contributed by atoms with E-state index in [1.165, 1.54) is 51.4 Å². The van der Waals surface area contributed by atoms with Crippen LogP contribution in [0.15, 0.2) is 54.6 Å². The van der Waals surface area contributed by atoms with E-state index < -0.39 is 5.97 Å². The maximum Gasteiger partial charge on any atom is 0.339 e. The van der Waals surface area contributed by atoms with Crippen molar-refractivity contribution in [3.05, 3.63) is 60.2 Å². The van der Waals surface area contributed by atoms with Crippen molar-refractivity contribution in [2.75, 3.05) is 0 Å². The van der Waals surface area contributed by atoms with Crippen LogP contribution in [0.25, 0.3) is 21.5 Å². The standard InChI is InChI=1S/C33H44O4/c1-2-3-4-5-6-7-8-9-11-20-29(21-12-10-13-23-32(34)35)37-33(36)30-22-16-19-28-24-26-17-14-15-18-27(26)25-31(28)30/h14-19,22,24-25,29H,2-13,20-21,23H2,1H3,(H,34,35). The van der Waals surface area contributed by atoms with Crippen LogP contribution in [-0.2, 0) is 9.53 Å². The van der Waals surface area contributed by atoms with Gasteiger partial charge >= 0.3 is 11.9 Å². The predicted molar refractivity (Wildman–Crippen MR) is 153 cm³/mol. The molecule has 3 rings (SSSR count). The van der Waals surface area contributed by atoms with Gasteiger partial charge in [-0.1, -0.05) is 101 Å². The van der Waals surface area contributed by atoms with Crippen molar-refractivity contribution in [1.29, 1.82) is 0 Å². The summed E-state index contributed by atoms with van der Waals surface area (Å²) in [5.74, 6) is -1.01. The number of ether oxygens (including phenoxy) is 1. The lowest BCUT2D eigenvalue weighted by Gasteiger charge is -2.19. The fourth-order valence-corrected chi connectivity index (χ4v) is 5.13. The van der Waals surface area contributed by atoms with E-state index in [0.717, 1.165) is 53.6 Å². The molecule has 0 aromatic heterocycles. The van der Waals surface area contributed by atoms with E-state index in [4.69, 9.17) is 9.84 Å². The van der Waals surface area contributed by atoms with E-state index in [0.29, 0.717) is 12.0 Å². The Balaban J connectivity index is 1.58. The van der Waals surface area contributed by atoms with Crippen LogP contribution in [0.4, 0.5) is 0 Å². The van der Waals surface area contributed by atoms with Crippen LogP contribution < -0.4 is 0 Å². The molecule has 0 aliphatic heterocycles. The average Bonchev–Trinajstić information content (AvgIpc) is 2.90. The SMILES string of the molecule is CCCCCCCCCCCC(CCCCCC(=O)O)OC(=O)c1cccc2cc3ccccc3cc12. The van der Waals surface area contributed by atoms with E-state index in [1.54, 1.807) is 0 Å². The fourth-order valence-electron chi connectivity index (χ4n) is 5.13. The van der Waals surface area contributed by atoms with Crippen LogP contribution in [0.3, 0.4) is 0 Å². The zero-order valence-corrected chi connectivity index (χ0v) is 22.6. The van der Waals surface area contributed by atoms with Crippen molar-refractivity contribution in [2.45, 2.75) is 109 Å². The Kier molecular flexibility index (Phi) is 12.5. The fraction of sp³-hybridized carbons (Fsp3) is 0.515. The number of rotatable bonds is 18. The molecule has 37 heavy (non-hydrogen) atoms. The lowest BCUT2D eigenvalue weighted by molar-refractivity contribution is -0.137. The molecule has 200 valence electrons. The summed E-state index contributed by atoms with van der Waals surface area (Å²) in [5, 5.41) is 13.1. The van der Waals surface area contributed by atoms with Crippen molar-refractivity contribution < 1.29 is 19.4 Å². The molecule has 0 amide bonds. The number of carbonyl (C=O) groups excluding carboxylic acids is 1. The Hall–Kier alpha value is -2.88. The number of hydrogen-bond donors (Lipinski definition) is 1. The minimum absolute atomic E-state index is 0.127. The summed E-state index contributed by atoms with van der Waals surface area (Å²) < 4.78 is 6.10. The molecule has 0 spiro atoms. The number of esters is 1. The molecule has 1 unspecified atom stereocenters. The molecular formula is C33H44O4. The number of hydrogen-bond acceptors (Lipinski definition) is 3. The van der Waals surface area contributed by atoms with Gasteiger partial charge < -0.3 is 9.84 Å². The molecule has 1 atom stereocenters. The molecule has 0 heterocycles. The third-order valence-corrected chi connectivity index (χ3v) is 7.29. The van der Waals surface area contributed by atoms with E-state index in [-0.39, 0.29) is 18.5 Å². The molecule has 0 radical (unpaired) electrons. The second-order valence-electron chi connectivity index (χ2n) is 10.4. The van der Waals surface area contributed by atoms with Crippen LogP contribution in [0.1, 0.15) is 114 Å². The van der Waals surface area contributed by atoms with Gasteiger partial charge in [0.1, 0.15) is 6.10 Å². The van der Waals surface area contributed by atoms with Crippen molar-refractivity contribution in [2.24, 2.45) is 0 Å². The van der Waals surface area contributed by atoms with Crippen molar-refractivity contribution in [1.82, 2.24) is 0 Å². The Morgan fingerprint density at radius 1 is 0.703 bits per heavy atom. The monoisotopic (exact) mass is 504 g/mol. The van der Waals surface area contributed by atoms with Crippen LogP contribution in [0.2, 0.25) is 0 Å². The van der Waals surface area contributed by atoms with Crippen molar-refractivity contribution in [3.63, 3.8) is 0 Å². The molecule has 0 fully saturated rings. The smallest absolute Gasteiger partial charge is 0.339 e. The van der Waals surface area contributed by atoms with Crippen molar-refractivity contribution >= 4 is 33.5 Å². The molecular weight excluding hydrogens is 460 g/mol. The minimum atomic E-state index is -0.749. The van der Waals surface area contributed by atoms with Gasteiger partial charge in [-0.05, 0) is 71.8 Å². The molecule has 3 aromatic carbocycles. The van der Waals surface area contributed by atoms with Gasteiger partial charge in [-0.2, -0.15) is 0 Å². The first kappa shape index (κ1) is 28.7. The van der Waals surface area contributed by atoms with Gasteiger partial charge in [0.05, 0.1) is 5.56 Å². The zero-order chi connectivity index (χ0) is 26.3. The van der Waals surface area contributed by atoms with Crippen LogP contribution in [0.5, 0.6) is 0 Å². The highest BCUT2D eigenvalue weighted by molar-refractivity contribution is 6.08. The lowest BCUT2D eigenvalue weighted by atomic mass is 9.99. The highest BCUT2D eigenvalue weighted by Gasteiger charge is 2.18. The maximum atomic E-state index is 13.3. The van der Waals surface area contributed by atoms with E-state index in [1.807, 2.05) is 30.3 Å². The highest BCUT2D eigenvalue weighted by atomic mass is 16.5. The van der Waals surface area contributed by atoms with Gasteiger partial charge in [-0.25, -0.2) is 4.79 Å². The second kappa shape index (κ2) is 16.1. The predicted octanol–water partition coefficient (Wildman–Crippen LogP) is 9.47. The number of carbonyl (C=O) groups is 2. The zero-order valence-electron chi connectivity index (χ0n) is 22.6. The van der Waals surface area contributed by atoms with Gasteiger partial charge in [0.25, 0.3) is 0 Å². The Morgan fingerprint density at radius 3 is 1.92 bits per heavy atom. The molecule has 0 aliphatic rings. The van der Waals surface area contributed by atoms with Gasteiger partial charge in [-0.15, -0.1) is 0 Å². The van der Waals surface area contributed by atoms with E-state index in [9.17, 15) is 9.59 Å². The highest BCUT2D eigenvalue weighted by Crippen LogP contribution is 2.27. The molecule has 0 aliphatic carbocycles. The van der Waals surface area contributed by atoms with Gasteiger partial charge in [0, 0.05) is 6.42 Å². The molecule has 0 saturated heterocycles. The maximum absolute atomic E-state index is 13.3. The lowest BCUT2D eigenvalue weighted by Crippen LogP contribution is -2.19. The van der Waals surface area contributed by atoms with Crippen LogP contribution in [0, 0.1) is 0 Å². The quantitative estimate of drug-likeness (QED) is 0.106. The molecule has 0 bridgehead atoms. The Morgan fingerprint density at radius 2 is 1.27 bits per heavy atom. The summed E-state index contributed by atoms with van der Waals surface area (Å²) in [6.45, 7) is 2.25. The van der Waals surface area contributed by atoms with Crippen molar-refractivity contribution in [3.8, 4) is 0 Å². The third kappa shape index (κ3) is 9.83. The summed E-state index contributed by atoms with van der Waals surface area (Å²) in [5.41, 5.74) is 0.617.